The van der Waals surface area contributed by atoms with Crippen LogP contribution in [0.3, 0.4) is 0 Å². The molecule has 94 valence electrons. The Hall–Kier alpha value is -1.66. The van der Waals surface area contributed by atoms with Gasteiger partial charge in [0.05, 0.1) is 11.7 Å². The van der Waals surface area contributed by atoms with Gasteiger partial charge in [-0.3, -0.25) is 9.97 Å². The van der Waals surface area contributed by atoms with Gasteiger partial charge >= 0.3 is 0 Å². The lowest BCUT2D eigenvalue weighted by atomic mass is 10.2. The molecule has 0 fully saturated rings. The number of pyridine rings is 1. The number of hydrogen-bond donors (Lipinski definition) is 1. The Morgan fingerprint density at radius 3 is 2.79 bits per heavy atom. The van der Waals surface area contributed by atoms with E-state index in [1.54, 1.807) is 24.8 Å². The minimum atomic E-state index is 0.715. The zero-order valence-corrected chi connectivity index (χ0v) is 12.1. The molecule has 0 saturated heterocycles. The molecule has 3 rings (SSSR count). The van der Waals surface area contributed by atoms with Crippen LogP contribution in [0, 0.1) is 0 Å². The van der Waals surface area contributed by atoms with Crippen LogP contribution in [0.15, 0.2) is 57.4 Å². The smallest absolute Gasteiger partial charge is 0.119 e. The van der Waals surface area contributed by atoms with E-state index in [4.69, 9.17) is 5.73 Å². The van der Waals surface area contributed by atoms with E-state index in [-0.39, 0.29) is 0 Å². The van der Waals surface area contributed by atoms with Gasteiger partial charge in [-0.1, -0.05) is 11.8 Å². The van der Waals surface area contributed by atoms with E-state index in [0.29, 0.717) is 5.69 Å². The minimum Gasteiger partial charge on any atom is -0.398 e. The maximum absolute atomic E-state index is 5.99. The van der Waals surface area contributed by atoms with Crippen molar-refractivity contribution < 1.29 is 0 Å². The maximum atomic E-state index is 5.99. The Bertz CT molecular complexity index is 733. The summed E-state index contributed by atoms with van der Waals surface area (Å²) < 4.78 is 0.911. The summed E-state index contributed by atoms with van der Waals surface area (Å²) in [5.74, 6) is 0. The number of fused-ring (bicyclic) bond motifs is 1. The zero-order chi connectivity index (χ0) is 13.2. The molecule has 2 aromatic heterocycles. The van der Waals surface area contributed by atoms with Gasteiger partial charge in [-0.2, -0.15) is 0 Å². The van der Waals surface area contributed by atoms with Gasteiger partial charge in [-0.25, -0.2) is 4.98 Å². The predicted octanol–water partition coefficient (Wildman–Crippen LogP) is 3.52. The van der Waals surface area contributed by atoms with Gasteiger partial charge in [0.15, 0.2) is 0 Å². The third kappa shape index (κ3) is 2.54. The highest BCUT2D eigenvalue weighted by atomic mass is 79.9. The number of rotatable bonds is 2. The second kappa shape index (κ2) is 5.14. The molecule has 0 unspecified atom stereocenters. The molecule has 0 bridgehead atoms. The molecule has 4 nitrogen and oxygen atoms in total. The van der Waals surface area contributed by atoms with Crippen LogP contribution >= 0.6 is 27.7 Å². The lowest BCUT2D eigenvalue weighted by molar-refractivity contribution is 1.06. The summed E-state index contributed by atoms with van der Waals surface area (Å²) in [4.78, 5) is 13.8. The van der Waals surface area contributed by atoms with Crippen LogP contribution < -0.4 is 5.73 Å². The number of nitrogens with two attached hydrogens (primary N) is 1. The Morgan fingerprint density at radius 2 is 2.00 bits per heavy atom. The predicted molar refractivity (Wildman–Crippen MR) is 80.0 cm³/mol. The molecule has 0 saturated carbocycles. The van der Waals surface area contributed by atoms with E-state index < -0.39 is 0 Å². The van der Waals surface area contributed by atoms with Crippen LogP contribution in [0.4, 0.5) is 5.69 Å². The molecule has 0 atom stereocenters. The summed E-state index contributed by atoms with van der Waals surface area (Å²) in [5, 5.41) is 1.77. The van der Waals surface area contributed by atoms with Crippen molar-refractivity contribution in [3.05, 3.63) is 47.5 Å². The molecule has 0 aliphatic heterocycles. The Labute approximate surface area is 122 Å². The molecule has 0 aliphatic carbocycles. The first-order valence-electron chi connectivity index (χ1n) is 5.51. The third-order valence-electron chi connectivity index (χ3n) is 2.57. The normalized spacial score (nSPS) is 10.8. The van der Waals surface area contributed by atoms with Crippen LogP contribution in [0.2, 0.25) is 0 Å². The Kier molecular flexibility index (Phi) is 3.35. The van der Waals surface area contributed by atoms with E-state index in [2.05, 4.69) is 30.9 Å². The van der Waals surface area contributed by atoms with Crippen molar-refractivity contribution in [2.24, 2.45) is 0 Å². The van der Waals surface area contributed by atoms with Gasteiger partial charge in [0.1, 0.15) is 5.03 Å². The summed E-state index contributed by atoms with van der Waals surface area (Å²) in [6, 6.07) is 5.81. The topological polar surface area (TPSA) is 64.7 Å². The van der Waals surface area contributed by atoms with Crippen LogP contribution in [-0.4, -0.2) is 15.0 Å². The molecule has 6 heteroatoms. The molecular weight excluding hydrogens is 324 g/mol. The highest BCUT2D eigenvalue weighted by molar-refractivity contribution is 9.10. The summed E-state index contributed by atoms with van der Waals surface area (Å²) in [7, 11) is 0. The van der Waals surface area contributed by atoms with Gasteiger partial charge in [0, 0.05) is 39.0 Å². The second-order valence-electron chi connectivity index (χ2n) is 3.85. The van der Waals surface area contributed by atoms with E-state index in [1.807, 2.05) is 18.2 Å². The summed E-state index contributed by atoms with van der Waals surface area (Å²) >= 11 is 4.94. The van der Waals surface area contributed by atoms with E-state index in [9.17, 15) is 0 Å². The number of nitrogen functional groups attached to an aromatic ring is 1. The first-order valence-corrected chi connectivity index (χ1v) is 7.12. The van der Waals surface area contributed by atoms with Crippen LogP contribution in [-0.2, 0) is 0 Å². The number of benzene rings is 1. The van der Waals surface area contributed by atoms with Crippen LogP contribution in [0.25, 0.3) is 10.9 Å². The summed E-state index contributed by atoms with van der Waals surface area (Å²) in [6.45, 7) is 0. The van der Waals surface area contributed by atoms with Crippen molar-refractivity contribution in [2.45, 2.75) is 9.92 Å². The molecule has 3 aromatic rings. The van der Waals surface area contributed by atoms with Gasteiger partial charge in [-0.05, 0) is 34.1 Å². The average molecular weight is 333 g/mol. The highest BCUT2D eigenvalue weighted by Crippen LogP contribution is 2.34. The standard InChI is InChI=1S/C13H9BrN4S/c14-8-5-9-10(15)1-2-11(13(9)18-6-8)19-12-7-16-3-4-17-12/h1-7H,15H2. The minimum absolute atomic E-state index is 0.715. The molecule has 2 N–H and O–H groups in total. The third-order valence-corrected chi connectivity index (χ3v) is 3.97. The molecule has 1 aromatic carbocycles. The van der Waals surface area contributed by atoms with E-state index >= 15 is 0 Å². The Balaban J connectivity index is 2.12. The van der Waals surface area contributed by atoms with Crippen molar-refractivity contribution in [1.82, 2.24) is 15.0 Å². The number of anilines is 1. The second-order valence-corrected chi connectivity index (χ2v) is 5.83. The Morgan fingerprint density at radius 1 is 1.11 bits per heavy atom. The monoisotopic (exact) mass is 332 g/mol. The van der Waals surface area contributed by atoms with Crippen molar-refractivity contribution in [3.63, 3.8) is 0 Å². The maximum Gasteiger partial charge on any atom is 0.119 e. The number of hydrogen-bond acceptors (Lipinski definition) is 5. The first-order chi connectivity index (χ1) is 9.24. The largest absolute Gasteiger partial charge is 0.398 e. The SMILES string of the molecule is Nc1ccc(Sc2cnccn2)c2ncc(Br)cc12. The fraction of sp³-hybridized carbons (Fsp3) is 0. The lowest BCUT2D eigenvalue weighted by Crippen LogP contribution is -1.91. The quantitative estimate of drug-likeness (QED) is 0.727. The number of aromatic nitrogens is 3. The van der Waals surface area contributed by atoms with Gasteiger partial charge in [-0.15, -0.1) is 0 Å². The molecule has 0 aliphatic rings. The van der Waals surface area contributed by atoms with Crippen molar-refractivity contribution in [3.8, 4) is 0 Å². The van der Waals surface area contributed by atoms with Gasteiger partial charge < -0.3 is 5.73 Å². The molecule has 0 amide bonds. The van der Waals surface area contributed by atoms with Crippen molar-refractivity contribution in [2.75, 3.05) is 5.73 Å². The molecule has 0 spiro atoms. The molecular formula is C13H9BrN4S. The lowest BCUT2D eigenvalue weighted by Gasteiger charge is -2.07. The van der Waals surface area contributed by atoms with Crippen molar-refractivity contribution in [1.29, 1.82) is 0 Å². The fourth-order valence-electron chi connectivity index (χ4n) is 1.72. The van der Waals surface area contributed by atoms with E-state index in [0.717, 1.165) is 25.3 Å². The van der Waals surface area contributed by atoms with Crippen LogP contribution in [0.1, 0.15) is 0 Å². The average Bonchev–Trinajstić information content (AvgIpc) is 2.43. The summed E-state index contributed by atoms with van der Waals surface area (Å²) in [6.07, 6.45) is 6.82. The van der Waals surface area contributed by atoms with Gasteiger partial charge in [0.2, 0.25) is 0 Å². The highest BCUT2D eigenvalue weighted by Gasteiger charge is 2.08. The van der Waals surface area contributed by atoms with E-state index in [1.165, 1.54) is 11.8 Å². The molecule has 19 heavy (non-hydrogen) atoms. The van der Waals surface area contributed by atoms with Gasteiger partial charge in [0.25, 0.3) is 0 Å². The summed E-state index contributed by atoms with van der Waals surface area (Å²) in [5.41, 5.74) is 7.58. The molecule has 2 heterocycles. The number of halogens is 1. The van der Waals surface area contributed by atoms with Crippen LogP contribution in [0.5, 0.6) is 0 Å². The zero-order valence-electron chi connectivity index (χ0n) is 9.75. The molecule has 0 radical (unpaired) electrons. The van der Waals surface area contributed by atoms with Crippen molar-refractivity contribution >= 4 is 44.3 Å². The first kappa shape index (κ1) is 12.4. The number of nitrogens with zero attached hydrogens (tertiary/aromatic N) is 3. The fourth-order valence-corrected chi connectivity index (χ4v) is 2.90.